The molecular formula is C25H30N4O5SSi. The molecule has 0 saturated carbocycles. The molecule has 3 aromatic heterocycles. The lowest BCUT2D eigenvalue weighted by Gasteiger charge is -2.16. The molecule has 0 aliphatic carbocycles. The fourth-order valence-corrected chi connectivity index (χ4v) is 4.47. The van der Waals surface area contributed by atoms with Gasteiger partial charge in [0.05, 0.1) is 23.2 Å². The second-order valence-corrected chi connectivity index (χ2v) is 16.9. The first kappa shape index (κ1) is 26.0. The van der Waals surface area contributed by atoms with Gasteiger partial charge in [-0.2, -0.15) is 13.5 Å². The summed E-state index contributed by atoms with van der Waals surface area (Å²) < 4.78 is 40.8. The standard InChI is InChI=1S/C25H30N4O5SSi/c1-35(30,31)33-17-21-7-5-19-15-22(8-9-23(19)28-21)34-25-10-6-20(16-26-25)24-11-12-27-29(24)18-32-13-14-36(2,3)4/h5-12,15-16H,13-14,17-18H2,1-4H3. The van der Waals surface area contributed by atoms with Crippen molar-refractivity contribution in [3.63, 3.8) is 0 Å². The zero-order chi connectivity index (χ0) is 25.8. The first-order chi connectivity index (χ1) is 17.1. The summed E-state index contributed by atoms with van der Waals surface area (Å²) in [6, 6.07) is 15.8. The lowest BCUT2D eigenvalue weighted by atomic mass is 10.2. The number of ether oxygens (including phenoxy) is 2. The van der Waals surface area contributed by atoms with Crippen molar-refractivity contribution < 1.29 is 22.1 Å². The van der Waals surface area contributed by atoms with E-state index in [0.717, 1.165) is 35.6 Å². The lowest BCUT2D eigenvalue weighted by molar-refractivity contribution is 0.0798. The second kappa shape index (κ2) is 10.9. The van der Waals surface area contributed by atoms with Crippen LogP contribution < -0.4 is 4.74 Å². The van der Waals surface area contributed by atoms with Gasteiger partial charge in [-0.25, -0.2) is 9.67 Å². The quantitative estimate of drug-likeness (QED) is 0.151. The van der Waals surface area contributed by atoms with Crippen molar-refractivity contribution in [3.05, 3.63) is 66.6 Å². The molecule has 190 valence electrons. The summed E-state index contributed by atoms with van der Waals surface area (Å²) in [7, 11) is -4.65. The maximum Gasteiger partial charge on any atom is 0.264 e. The Hall–Kier alpha value is -3.12. The number of pyridine rings is 2. The van der Waals surface area contributed by atoms with Crippen molar-refractivity contribution >= 4 is 29.1 Å². The Kier molecular flexibility index (Phi) is 7.84. The van der Waals surface area contributed by atoms with E-state index in [1.807, 2.05) is 41.1 Å². The van der Waals surface area contributed by atoms with E-state index in [2.05, 4.69) is 34.7 Å². The highest BCUT2D eigenvalue weighted by molar-refractivity contribution is 7.85. The molecule has 0 N–H and O–H groups in total. The van der Waals surface area contributed by atoms with Crippen LogP contribution >= 0.6 is 0 Å². The fourth-order valence-electron chi connectivity index (χ4n) is 3.38. The van der Waals surface area contributed by atoms with Crippen molar-refractivity contribution in [3.8, 4) is 22.9 Å². The summed E-state index contributed by atoms with van der Waals surface area (Å²) in [6.07, 6.45) is 4.52. The van der Waals surface area contributed by atoms with Crippen molar-refractivity contribution in [2.75, 3.05) is 12.9 Å². The van der Waals surface area contributed by atoms with Crippen LogP contribution in [0.5, 0.6) is 11.6 Å². The monoisotopic (exact) mass is 526 g/mol. The van der Waals surface area contributed by atoms with E-state index in [9.17, 15) is 8.42 Å². The molecule has 3 heterocycles. The SMILES string of the molecule is C[Si](C)(C)CCOCn1nccc1-c1ccc(Oc2ccc3nc(COS(C)(=O)=O)ccc3c2)nc1. The molecule has 0 fully saturated rings. The third-order valence-electron chi connectivity index (χ3n) is 5.32. The summed E-state index contributed by atoms with van der Waals surface area (Å²) in [6.45, 7) is 8.02. The van der Waals surface area contributed by atoms with Crippen LogP contribution in [-0.4, -0.2) is 49.1 Å². The van der Waals surface area contributed by atoms with Gasteiger partial charge in [-0.15, -0.1) is 0 Å². The van der Waals surface area contributed by atoms with E-state index >= 15 is 0 Å². The minimum atomic E-state index is -3.52. The number of fused-ring (bicyclic) bond motifs is 1. The molecule has 0 aliphatic heterocycles. The van der Waals surface area contributed by atoms with E-state index in [4.69, 9.17) is 13.7 Å². The highest BCUT2D eigenvalue weighted by Crippen LogP contribution is 2.26. The average molecular weight is 527 g/mol. The van der Waals surface area contributed by atoms with E-state index in [0.29, 0.717) is 29.6 Å². The summed E-state index contributed by atoms with van der Waals surface area (Å²) in [4.78, 5) is 8.89. The minimum Gasteiger partial charge on any atom is -0.439 e. The average Bonchev–Trinajstić information content (AvgIpc) is 3.28. The third kappa shape index (κ3) is 7.44. The molecule has 1 aromatic carbocycles. The smallest absolute Gasteiger partial charge is 0.264 e. The molecule has 0 bridgehead atoms. The Labute approximate surface area is 212 Å². The highest BCUT2D eigenvalue weighted by Gasteiger charge is 2.13. The molecule has 4 aromatic rings. The number of aromatic nitrogens is 4. The molecule has 9 nitrogen and oxygen atoms in total. The summed E-state index contributed by atoms with van der Waals surface area (Å²) in [5.41, 5.74) is 3.08. The molecule has 36 heavy (non-hydrogen) atoms. The van der Waals surface area contributed by atoms with E-state index in [1.165, 1.54) is 0 Å². The van der Waals surface area contributed by atoms with Gasteiger partial charge in [0.1, 0.15) is 19.1 Å². The van der Waals surface area contributed by atoms with Gasteiger partial charge in [0.25, 0.3) is 10.1 Å². The fraction of sp³-hybridized carbons (Fsp3) is 0.320. The predicted molar refractivity (Wildman–Crippen MR) is 141 cm³/mol. The van der Waals surface area contributed by atoms with Gasteiger partial charge in [0.2, 0.25) is 5.88 Å². The molecule has 0 saturated heterocycles. The van der Waals surface area contributed by atoms with E-state index < -0.39 is 18.2 Å². The Bertz CT molecular complexity index is 1430. The molecule has 4 rings (SSSR count). The molecule has 0 amide bonds. The zero-order valence-corrected chi connectivity index (χ0v) is 22.7. The number of hydrogen-bond donors (Lipinski definition) is 0. The molecule has 11 heteroatoms. The van der Waals surface area contributed by atoms with E-state index in [1.54, 1.807) is 24.5 Å². The van der Waals surface area contributed by atoms with Gasteiger partial charge < -0.3 is 9.47 Å². The van der Waals surface area contributed by atoms with Crippen LogP contribution in [0.15, 0.2) is 60.9 Å². The predicted octanol–water partition coefficient (Wildman–Crippen LogP) is 5.07. The summed E-state index contributed by atoms with van der Waals surface area (Å²) in [5.74, 6) is 1.08. The topological polar surface area (TPSA) is 105 Å². The molecule has 0 atom stereocenters. The number of hydrogen-bond acceptors (Lipinski definition) is 8. The summed E-state index contributed by atoms with van der Waals surface area (Å²) >= 11 is 0. The highest BCUT2D eigenvalue weighted by atomic mass is 32.2. The van der Waals surface area contributed by atoms with Gasteiger partial charge in [-0.1, -0.05) is 25.7 Å². The molecule has 0 unspecified atom stereocenters. The molecular weight excluding hydrogens is 496 g/mol. The van der Waals surface area contributed by atoms with Crippen molar-refractivity contribution in [2.24, 2.45) is 0 Å². The largest absolute Gasteiger partial charge is 0.439 e. The zero-order valence-electron chi connectivity index (χ0n) is 20.8. The number of nitrogens with zero attached hydrogens (tertiary/aromatic N) is 4. The van der Waals surface area contributed by atoms with Crippen LogP contribution in [0, 0.1) is 0 Å². The lowest BCUT2D eigenvalue weighted by Crippen LogP contribution is -2.22. The Balaban J connectivity index is 1.39. The van der Waals surface area contributed by atoms with Gasteiger partial charge in [0.15, 0.2) is 0 Å². The van der Waals surface area contributed by atoms with Crippen molar-refractivity contribution in [2.45, 2.75) is 39.0 Å². The Morgan fingerprint density at radius 3 is 2.58 bits per heavy atom. The summed E-state index contributed by atoms with van der Waals surface area (Å²) in [5, 5.41) is 5.23. The van der Waals surface area contributed by atoms with Crippen LogP contribution in [0.3, 0.4) is 0 Å². The second-order valence-electron chi connectivity index (χ2n) is 9.67. The van der Waals surface area contributed by atoms with Crippen LogP contribution in [0.1, 0.15) is 5.69 Å². The van der Waals surface area contributed by atoms with Gasteiger partial charge >= 0.3 is 0 Å². The Morgan fingerprint density at radius 2 is 1.86 bits per heavy atom. The van der Waals surface area contributed by atoms with Crippen molar-refractivity contribution in [1.29, 1.82) is 0 Å². The van der Waals surface area contributed by atoms with Gasteiger partial charge in [-0.05, 0) is 42.4 Å². The maximum absolute atomic E-state index is 11.2. The normalized spacial score (nSPS) is 12.2. The van der Waals surface area contributed by atoms with Crippen molar-refractivity contribution in [1.82, 2.24) is 19.7 Å². The van der Waals surface area contributed by atoms with Crippen LogP contribution in [-0.2, 0) is 32.4 Å². The third-order valence-corrected chi connectivity index (χ3v) is 7.57. The maximum atomic E-state index is 11.2. The van der Waals surface area contributed by atoms with Crippen LogP contribution in [0.4, 0.5) is 0 Å². The first-order valence-corrected chi connectivity index (χ1v) is 17.1. The number of rotatable bonds is 11. The number of benzene rings is 1. The van der Waals surface area contributed by atoms with Gasteiger partial charge in [-0.3, -0.25) is 9.17 Å². The Morgan fingerprint density at radius 1 is 1.03 bits per heavy atom. The minimum absolute atomic E-state index is 0.104. The van der Waals surface area contributed by atoms with Crippen LogP contribution in [0.25, 0.3) is 22.2 Å². The molecule has 0 radical (unpaired) electrons. The van der Waals surface area contributed by atoms with Crippen LogP contribution in [0.2, 0.25) is 25.7 Å². The molecule has 0 aliphatic rings. The first-order valence-electron chi connectivity index (χ1n) is 11.5. The van der Waals surface area contributed by atoms with Gasteiger partial charge in [0, 0.05) is 44.1 Å². The molecule has 0 spiro atoms. The van der Waals surface area contributed by atoms with E-state index in [-0.39, 0.29) is 6.61 Å².